The maximum Gasteiger partial charge on any atom is 0.466 e. The predicted octanol–water partition coefficient (Wildman–Crippen LogP) is 0.908. The molecular formula is C12H16O10P2. The highest BCUT2D eigenvalue weighted by Gasteiger charge is 2.00. The van der Waals surface area contributed by atoms with Crippen LogP contribution in [0.4, 0.5) is 0 Å². The molecule has 8 N–H and O–H groups in total. The Bertz CT molecular complexity index is 622. The number of hydrogen-bond acceptors (Lipinski definition) is 4. The first kappa shape index (κ1) is 22.3. The van der Waals surface area contributed by atoms with Crippen LogP contribution in [0.15, 0.2) is 48.5 Å². The summed E-state index contributed by atoms with van der Waals surface area (Å²) in [5.41, 5.74) is 2.03. The van der Waals surface area contributed by atoms with Crippen LogP contribution >= 0.6 is 15.6 Å². The average Bonchev–Trinajstić information content (AvgIpc) is 2.37. The van der Waals surface area contributed by atoms with Crippen molar-refractivity contribution in [2.75, 3.05) is 0 Å². The van der Waals surface area contributed by atoms with Crippen molar-refractivity contribution in [3.05, 3.63) is 48.5 Å². The normalized spacial score (nSPS) is 10.8. The van der Waals surface area contributed by atoms with Crippen LogP contribution in [-0.2, 0) is 9.13 Å². The van der Waals surface area contributed by atoms with E-state index in [2.05, 4.69) is 0 Å². The van der Waals surface area contributed by atoms with Crippen LogP contribution < -0.4 is 0 Å². The van der Waals surface area contributed by atoms with Gasteiger partial charge in [-0.2, -0.15) is 0 Å². The molecule has 0 spiro atoms. The molecule has 0 unspecified atom stereocenters. The predicted molar refractivity (Wildman–Crippen MR) is 83.7 cm³/mol. The number of benzene rings is 2. The van der Waals surface area contributed by atoms with Crippen LogP contribution in [0.2, 0.25) is 0 Å². The molecule has 0 aliphatic carbocycles. The maximum absolute atomic E-state index is 9.11. The first-order valence-electron chi connectivity index (χ1n) is 5.91. The molecule has 2 aromatic carbocycles. The van der Waals surface area contributed by atoms with Gasteiger partial charge in [0.25, 0.3) is 0 Å². The molecule has 2 rings (SSSR count). The summed E-state index contributed by atoms with van der Waals surface area (Å²) < 4.78 is 17.8. The summed E-state index contributed by atoms with van der Waals surface area (Å²) in [5.74, 6) is 0.514. The zero-order chi connectivity index (χ0) is 19.0. The Labute approximate surface area is 136 Å². The van der Waals surface area contributed by atoms with E-state index in [1.54, 1.807) is 24.3 Å². The number of hydrogen-bond donors (Lipinski definition) is 8. The highest BCUT2D eigenvalue weighted by Crippen LogP contribution is 2.26. The Balaban J connectivity index is 0.000000442. The van der Waals surface area contributed by atoms with Crippen LogP contribution in [0.1, 0.15) is 0 Å². The summed E-state index contributed by atoms with van der Waals surface area (Å²) in [6, 6.07) is 13.9. The molecule has 0 radical (unpaired) electrons. The highest BCUT2D eigenvalue weighted by atomic mass is 31.2. The van der Waals surface area contributed by atoms with Gasteiger partial charge in [-0.05, 0) is 35.4 Å². The van der Waals surface area contributed by atoms with Crippen LogP contribution in [0.25, 0.3) is 11.1 Å². The van der Waals surface area contributed by atoms with Crippen molar-refractivity contribution < 1.29 is 48.7 Å². The van der Waals surface area contributed by atoms with Crippen molar-refractivity contribution in [1.29, 1.82) is 0 Å². The van der Waals surface area contributed by atoms with Gasteiger partial charge in [-0.15, -0.1) is 0 Å². The van der Waals surface area contributed by atoms with E-state index in [0.717, 1.165) is 11.1 Å². The number of phosphoric acid groups is 2. The molecule has 24 heavy (non-hydrogen) atoms. The molecule has 0 saturated carbocycles. The van der Waals surface area contributed by atoms with Crippen molar-refractivity contribution in [2.24, 2.45) is 0 Å². The smallest absolute Gasteiger partial charge is 0.466 e. The van der Waals surface area contributed by atoms with Gasteiger partial charge >= 0.3 is 15.6 Å². The minimum absolute atomic E-state index is 0.257. The van der Waals surface area contributed by atoms with Crippen LogP contribution in [0, 0.1) is 0 Å². The summed E-state index contributed by atoms with van der Waals surface area (Å²) in [4.78, 5) is 43.1. The summed E-state index contributed by atoms with van der Waals surface area (Å²) >= 11 is 0. The SMILES string of the molecule is O=P(O)(O)O.O=P(O)(O)O.Oc1ccc(-c2ccc(O)cc2)cc1. The van der Waals surface area contributed by atoms with Gasteiger partial charge in [-0.3, -0.25) is 0 Å². The molecule has 0 bridgehead atoms. The molecule has 0 amide bonds. The minimum atomic E-state index is -4.64. The van der Waals surface area contributed by atoms with Gasteiger partial charge in [0, 0.05) is 0 Å². The molecular weight excluding hydrogens is 366 g/mol. The second-order valence-electron chi connectivity index (χ2n) is 4.12. The fourth-order valence-corrected chi connectivity index (χ4v) is 1.31. The van der Waals surface area contributed by atoms with Gasteiger partial charge in [0.1, 0.15) is 11.5 Å². The Kier molecular flexibility index (Phi) is 8.84. The Morgan fingerprint density at radius 3 is 0.833 bits per heavy atom. The first-order valence-corrected chi connectivity index (χ1v) is 9.04. The van der Waals surface area contributed by atoms with Crippen molar-refractivity contribution in [1.82, 2.24) is 0 Å². The van der Waals surface area contributed by atoms with Crippen molar-refractivity contribution in [3.8, 4) is 22.6 Å². The van der Waals surface area contributed by atoms with E-state index in [0.29, 0.717) is 0 Å². The maximum atomic E-state index is 9.11. The molecule has 0 atom stereocenters. The number of aromatic hydroxyl groups is 2. The molecule has 0 fully saturated rings. The van der Waals surface area contributed by atoms with E-state index in [-0.39, 0.29) is 11.5 Å². The molecule has 0 saturated heterocycles. The molecule has 134 valence electrons. The number of phenolic OH excluding ortho intramolecular Hbond substituents is 2. The van der Waals surface area contributed by atoms with Gasteiger partial charge in [0.05, 0.1) is 0 Å². The van der Waals surface area contributed by atoms with Crippen LogP contribution in [0.3, 0.4) is 0 Å². The van der Waals surface area contributed by atoms with E-state index in [1.807, 2.05) is 24.3 Å². The van der Waals surface area contributed by atoms with Gasteiger partial charge in [0.15, 0.2) is 0 Å². The standard InChI is InChI=1S/C12H10O2.2H3O4P/c13-11-5-1-9(2-6-11)10-3-7-12(14)8-4-10;2*1-5(2,3)4/h1-8,13-14H;2*(H3,1,2,3,4). The second-order valence-corrected chi connectivity index (χ2v) is 6.17. The topological polar surface area (TPSA) is 196 Å². The van der Waals surface area contributed by atoms with E-state index >= 15 is 0 Å². The highest BCUT2D eigenvalue weighted by molar-refractivity contribution is 7.45. The third-order valence-corrected chi connectivity index (χ3v) is 2.07. The molecule has 0 aromatic heterocycles. The molecule has 12 heteroatoms. The first-order chi connectivity index (χ1) is 10.8. The fourth-order valence-electron chi connectivity index (χ4n) is 1.31. The molecule has 0 aliphatic heterocycles. The van der Waals surface area contributed by atoms with Gasteiger partial charge < -0.3 is 39.6 Å². The van der Waals surface area contributed by atoms with E-state index in [4.69, 9.17) is 48.7 Å². The molecule has 0 heterocycles. The monoisotopic (exact) mass is 382 g/mol. The Morgan fingerprint density at radius 1 is 0.500 bits per heavy atom. The Morgan fingerprint density at radius 2 is 0.667 bits per heavy atom. The van der Waals surface area contributed by atoms with Gasteiger partial charge in [0.2, 0.25) is 0 Å². The zero-order valence-corrected chi connectivity index (χ0v) is 13.7. The summed E-state index contributed by atoms with van der Waals surface area (Å²) in [7, 11) is -9.28. The van der Waals surface area contributed by atoms with Crippen LogP contribution in [-0.4, -0.2) is 39.6 Å². The largest absolute Gasteiger partial charge is 0.508 e. The van der Waals surface area contributed by atoms with Crippen molar-refractivity contribution >= 4 is 15.6 Å². The lowest BCUT2D eigenvalue weighted by molar-refractivity contribution is 0.272. The third kappa shape index (κ3) is 15.2. The molecule has 0 aliphatic rings. The summed E-state index contributed by atoms with van der Waals surface area (Å²) in [6.45, 7) is 0. The van der Waals surface area contributed by atoms with Crippen molar-refractivity contribution in [2.45, 2.75) is 0 Å². The molecule has 2 aromatic rings. The van der Waals surface area contributed by atoms with E-state index in [1.165, 1.54) is 0 Å². The lowest BCUT2D eigenvalue weighted by Crippen LogP contribution is -1.75. The lowest BCUT2D eigenvalue weighted by Gasteiger charge is -2.01. The number of rotatable bonds is 1. The van der Waals surface area contributed by atoms with Gasteiger partial charge in [-0.25, -0.2) is 9.13 Å². The van der Waals surface area contributed by atoms with Gasteiger partial charge in [-0.1, -0.05) is 24.3 Å². The minimum Gasteiger partial charge on any atom is -0.508 e. The number of phenols is 2. The summed E-state index contributed by atoms with van der Waals surface area (Å²) in [6.07, 6.45) is 0. The van der Waals surface area contributed by atoms with E-state index < -0.39 is 15.6 Å². The van der Waals surface area contributed by atoms with E-state index in [9.17, 15) is 0 Å². The quantitative estimate of drug-likeness (QED) is 0.328. The average molecular weight is 382 g/mol. The third-order valence-electron chi connectivity index (χ3n) is 2.07. The fraction of sp³-hybridized carbons (Fsp3) is 0. The lowest BCUT2D eigenvalue weighted by atomic mass is 10.1. The van der Waals surface area contributed by atoms with Crippen LogP contribution in [0.5, 0.6) is 11.5 Å². The second kappa shape index (κ2) is 9.53. The Hall–Kier alpha value is -1.74. The summed E-state index contributed by atoms with van der Waals surface area (Å²) in [5, 5.41) is 18.2. The van der Waals surface area contributed by atoms with Crippen molar-refractivity contribution in [3.63, 3.8) is 0 Å². The zero-order valence-electron chi connectivity index (χ0n) is 11.9. The molecule has 10 nitrogen and oxygen atoms in total.